The number of ketones is 1. The first kappa shape index (κ1) is 17.4. The molecule has 1 aliphatic rings. The lowest BCUT2D eigenvalue weighted by Crippen LogP contribution is -2.15. The van der Waals surface area contributed by atoms with E-state index in [0.717, 1.165) is 10.0 Å². The molecule has 0 unspecified atom stereocenters. The van der Waals surface area contributed by atoms with Gasteiger partial charge in [-0.05, 0) is 48.0 Å². The van der Waals surface area contributed by atoms with E-state index in [2.05, 4.69) is 15.9 Å². The van der Waals surface area contributed by atoms with Gasteiger partial charge in [0.15, 0.2) is 28.8 Å². The largest absolute Gasteiger partial charge is 0.493 e. The third-order valence-corrected chi connectivity index (χ3v) is 4.43. The predicted molar refractivity (Wildman–Crippen MR) is 98.0 cm³/mol. The molecule has 0 aromatic heterocycles. The van der Waals surface area contributed by atoms with Crippen LogP contribution < -0.4 is 18.9 Å². The van der Waals surface area contributed by atoms with E-state index in [-0.39, 0.29) is 5.78 Å². The van der Waals surface area contributed by atoms with E-state index in [1.54, 1.807) is 50.6 Å². The zero-order valence-corrected chi connectivity index (χ0v) is 15.5. The summed E-state index contributed by atoms with van der Waals surface area (Å²) in [6.07, 6.45) is 3.24. The van der Waals surface area contributed by atoms with E-state index in [1.165, 1.54) is 6.08 Å². The summed E-state index contributed by atoms with van der Waals surface area (Å²) in [7, 11) is 3.14. The Hall–Kier alpha value is -2.47. The van der Waals surface area contributed by atoms with E-state index >= 15 is 0 Å². The first-order valence-electron chi connectivity index (χ1n) is 7.66. The first-order chi connectivity index (χ1) is 12.1. The van der Waals surface area contributed by atoms with Crippen LogP contribution in [-0.2, 0) is 0 Å². The van der Waals surface area contributed by atoms with Gasteiger partial charge < -0.3 is 18.9 Å². The minimum absolute atomic E-state index is 0.126. The lowest BCUT2D eigenvalue weighted by atomic mass is 10.1. The van der Waals surface area contributed by atoms with Crippen molar-refractivity contribution in [2.45, 2.75) is 0 Å². The number of hydrogen-bond acceptors (Lipinski definition) is 5. The SMILES string of the molecule is COc1cc(Br)c(C=CC(=O)c2ccc3c(c2)OCCO3)cc1OC. The number of ether oxygens (including phenoxy) is 4. The number of fused-ring (bicyclic) bond motifs is 1. The van der Waals surface area contributed by atoms with Crippen molar-refractivity contribution in [3.05, 3.63) is 52.0 Å². The number of carbonyl (C=O) groups is 1. The average Bonchev–Trinajstić information content (AvgIpc) is 2.66. The Morgan fingerprint density at radius 1 is 1.04 bits per heavy atom. The second-order valence-corrected chi connectivity index (χ2v) is 6.14. The van der Waals surface area contributed by atoms with Crippen molar-refractivity contribution < 1.29 is 23.7 Å². The number of hydrogen-bond donors (Lipinski definition) is 0. The molecule has 1 heterocycles. The van der Waals surface area contributed by atoms with Gasteiger partial charge in [0, 0.05) is 10.0 Å². The Bertz CT molecular complexity index is 829. The van der Waals surface area contributed by atoms with Crippen molar-refractivity contribution in [1.29, 1.82) is 0 Å². The minimum Gasteiger partial charge on any atom is -0.493 e. The van der Waals surface area contributed by atoms with Crippen LogP contribution in [0, 0.1) is 0 Å². The molecule has 0 atom stereocenters. The molecule has 1 aliphatic heterocycles. The van der Waals surface area contributed by atoms with Crippen molar-refractivity contribution in [2.24, 2.45) is 0 Å². The Morgan fingerprint density at radius 3 is 2.44 bits per heavy atom. The summed E-state index contributed by atoms with van der Waals surface area (Å²) in [6, 6.07) is 8.78. The van der Waals surface area contributed by atoms with Gasteiger partial charge in [-0.1, -0.05) is 15.9 Å². The normalized spacial score (nSPS) is 12.9. The number of rotatable bonds is 5. The summed E-state index contributed by atoms with van der Waals surface area (Å²) in [6.45, 7) is 1.01. The van der Waals surface area contributed by atoms with E-state index in [4.69, 9.17) is 18.9 Å². The van der Waals surface area contributed by atoms with Crippen LogP contribution in [0.4, 0.5) is 0 Å². The molecule has 25 heavy (non-hydrogen) atoms. The molecule has 0 aliphatic carbocycles. The highest BCUT2D eigenvalue weighted by molar-refractivity contribution is 9.10. The summed E-state index contributed by atoms with van der Waals surface area (Å²) >= 11 is 3.47. The molecule has 130 valence electrons. The Labute approximate surface area is 154 Å². The van der Waals surface area contributed by atoms with Gasteiger partial charge in [0.2, 0.25) is 0 Å². The van der Waals surface area contributed by atoms with E-state index in [1.807, 2.05) is 0 Å². The fraction of sp³-hybridized carbons (Fsp3) is 0.211. The lowest BCUT2D eigenvalue weighted by Gasteiger charge is -2.18. The summed E-state index contributed by atoms with van der Waals surface area (Å²) in [5.74, 6) is 2.34. The van der Waals surface area contributed by atoms with Crippen LogP contribution in [0.3, 0.4) is 0 Å². The maximum atomic E-state index is 12.4. The monoisotopic (exact) mass is 404 g/mol. The molecule has 6 heteroatoms. The second kappa shape index (κ2) is 7.61. The van der Waals surface area contributed by atoms with Crippen LogP contribution in [0.15, 0.2) is 40.9 Å². The standard InChI is InChI=1S/C19H17BrO5/c1-22-17-9-12(14(20)11-18(17)23-2)3-5-15(21)13-4-6-16-19(10-13)25-8-7-24-16/h3-6,9-11H,7-8H2,1-2H3. The molecule has 0 fully saturated rings. The highest BCUT2D eigenvalue weighted by Gasteiger charge is 2.14. The number of carbonyl (C=O) groups excluding carboxylic acids is 1. The quantitative estimate of drug-likeness (QED) is 0.553. The highest BCUT2D eigenvalue weighted by atomic mass is 79.9. The van der Waals surface area contributed by atoms with Gasteiger partial charge >= 0.3 is 0 Å². The van der Waals surface area contributed by atoms with Crippen LogP contribution in [-0.4, -0.2) is 33.2 Å². The van der Waals surface area contributed by atoms with Gasteiger partial charge in [-0.3, -0.25) is 4.79 Å². The lowest BCUT2D eigenvalue weighted by molar-refractivity contribution is 0.104. The van der Waals surface area contributed by atoms with Gasteiger partial charge in [-0.15, -0.1) is 0 Å². The van der Waals surface area contributed by atoms with Gasteiger partial charge in [-0.2, -0.15) is 0 Å². The minimum atomic E-state index is -0.126. The maximum Gasteiger partial charge on any atom is 0.185 e. The van der Waals surface area contributed by atoms with Gasteiger partial charge in [0.05, 0.1) is 14.2 Å². The molecule has 0 saturated carbocycles. The van der Waals surface area contributed by atoms with Crippen molar-refractivity contribution in [3.63, 3.8) is 0 Å². The molecule has 0 bridgehead atoms. The van der Waals surface area contributed by atoms with Crippen molar-refractivity contribution >= 4 is 27.8 Å². The highest BCUT2D eigenvalue weighted by Crippen LogP contribution is 2.34. The molecule has 0 radical (unpaired) electrons. The van der Waals surface area contributed by atoms with E-state index in [9.17, 15) is 4.79 Å². The zero-order valence-electron chi connectivity index (χ0n) is 13.9. The molecule has 0 spiro atoms. The van der Waals surface area contributed by atoms with Crippen molar-refractivity contribution in [2.75, 3.05) is 27.4 Å². The molecule has 5 nitrogen and oxygen atoms in total. The number of methoxy groups -OCH3 is 2. The number of benzene rings is 2. The molecule has 3 rings (SSSR count). The third kappa shape index (κ3) is 3.79. The molecular weight excluding hydrogens is 388 g/mol. The second-order valence-electron chi connectivity index (χ2n) is 5.28. The van der Waals surface area contributed by atoms with Gasteiger partial charge in [0.1, 0.15) is 13.2 Å². The van der Waals surface area contributed by atoms with Gasteiger partial charge in [0.25, 0.3) is 0 Å². The number of allylic oxidation sites excluding steroid dienone is 1. The van der Waals surface area contributed by atoms with Crippen LogP contribution in [0.2, 0.25) is 0 Å². The molecule has 0 saturated heterocycles. The van der Waals surface area contributed by atoms with E-state index < -0.39 is 0 Å². The number of halogens is 1. The third-order valence-electron chi connectivity index (χ3n) is 3.74. The van der Waals surface area contributed by atoms with Crippen LogP contribution in [0.25, 0.3) is 6.08 Å². The smallest absolute Gasteiger partial charge is 0.185 e. The summed E-state index contributed by atoms with van der Waals surface area (Å²) in [5.41, 5.74) is 1.35. The fourth-order valence-corrected chi connectivity index (χ4v) is 2.91. The molecule has 0 N–H and O–H groups in total. The molecular formula is C19H17BrO5. The predicted octanol–water partition coefficient (Wildman–Crippen LogP) is 4.13. The maximum absolute atomic E-state index is 12.4. The van der Waals surface area contributed by atoms with Crippen LogP contribution in [0.5, 0.6) is 23.0 Å². The average molecular weight is 405 g/mol. The first-order valence-corrected chi connectivity index (χ1v) is 8.45. The molecule has 2 aromatic rings. The van der Waals surface area contributed by atoms with Gasteiger partial charge in [-0.25, -0.2) is 0 Å². The fourth-order valence-electron chi connectivity index (χ4n) is 2.46. The zero-order chi connectivity index (χ0) is 17.8. The Kier molecular flexibility index (Phi) is 5.28. The van der Waals surface area contributed by atoms with Crippen LogP contribution >= 0.6 is 15.9 Å². The van der Waals surface area contributed by atoms with Crippen molar-refractivity contribution in [1.82, 2.24) is 0 Å². The van der Waals surface area contributed by atoms with Crippen molar-refractivity contribution in [3.8, 4) is 23.0 Å². The Balaban J connectivity index is 1.83. The summed E-state index contributed by atoms with van der Waals surface area (Å²) in [4.78, 5) is 12.4. The summed E-state index contributed by atoms with van der Waals surface area (Å²) in [5, 5.41) is 0. The summed E-state index contributed by atoms with van der Waals surface area (Å²) < 4.78 is 22.3. The van der Waals surface area contributed by atoms with Crippen LogP contribution in [0.1, 0.15) is 15.9 Å². The molecule has 2 aromatic carbocycles. The van der Waals surface area contributed by atoms with E-state index in [0.29, 0.717) is 41.8 Å². The Morgan fingerprint density at radius 2 is 1.72 bits per heavy atom. The topological polar surface area (TPSA) is 54.0 Å². The molecule has 0 amide bonds.